The third-order valence-electron chi connectivity index (χ3n) is 5.81. The first-order valence-corrected chi connectivity index (χ1v) is 11.8. The normalized spacial score (nSPS) is 13.9. The van der Waals surface area contributed by atoms with Gasteiger partial charge in [0.25, 0.3) is 5.91 Å². The van der Waals surface area contributed by atoms with Crippen molar-refractivity contribution in [1.29, 1.82) is 0 Å². The molecule has 2 amide bonds. The van der Waals surface area contributed by atoms with Crippen molar-refractivity contribution in [3.05, 3.63) is 75.2 Å². The number of rotatable bonds is 8. The summed E-state index contributed by atoms with van der Waals surface area (Å²) >= 11 is 1.03. The van der Waals surface area contributed by atoms with Crippen LogP contribution in [0.4, 0.5) is 4.79 Å². The van der Waals surface area contributed by atoms with E-state index in [0.29, 0.717) is 10.7 Å². The average molecular weight is 496 g/mol. The molecule has 0 fully saturated rings. The fraction of sp³-hybridized carbons (Fsp3) is 0.280. The topological polar surface area (TPSA) is 138 Å². The van der Waals surface area contributed by atoms with Crippen molar-refractivity contribution < 1.29 is 29.3 Å². The summed E-state index contributed by atoms with van der Waals surface area (Å²) in [6.07, 6.45) is -1.87. The van der Waals surface area contributed by atoms with Gasteiger partial charge in [-0.05, 0) is 36.1 Å². The van der Waals surface area contributed by atoms with Gasteiger partial charge in [0.15, 0.2) is 6.04 Å². The molecular formula is C25H25N3O6S. The minimum Gasteiger partial charge on any atom is -0.480 e. The molecule has 4 rings (SSSR count). The number of fused-ring (bicyclic) bond motifs is 3. The lowest BCUT2D eigenvalue weighted by molar-refractivity contribution is -0.141. The van der Waals surface area contributed by atoms with Crippen LogP contribution in [-0.4, -0.2) is 51.9 Å². The number of alkyl carbamates (subject to hydrolysis) is 1. The van der Waals surface area contributed by atoms with Gasteiger partial charge in [-0.2, -0.15) is 0 Å². The van der Waals surface area contributed by atoms with Gasteiger partial charge < -0.3 is 25.6 Å². The maximum Gasteiger partial charge on any atom is 0.407 e. The van der Waals surface area contributed by atoms with E-state index in [2.05, 4.69) is 27.8 Å². The zero-order valence-electron chi connectivity index (χ0n) is 19.1. The number of nitrogens with one attached hydrogen (secondary N) is 2. The zero-order valence-corrected chi connectivity index (χ0v) is 20.0. The third-order valence-corrected chi connectivity index (χ3v) is 6.97. The number of hydrogen-bond acceptors (Lipinski definition) is 7. The summed E-state index contributed by atoms with van der Waals surface area (Å²) in [5, 5.41) is 24.1. The summed E-state index contributed by atoms with van der Waals surface area (Å²) in [5.74, 6) is -2.05. The van der Waals surface area contributed by atoms with Gasteiger partial charge in [-0.25, -0.2) is 14.6 Å². The maximum absolute atomic E-state index is 12.5. The second-order valence-corrected chi connectivity index (χ2v) is 9.31. The van der Waals surface area contributed by atoms with Crippen LogP contribution in [0.5, 0.6) is 0 Å². The number of hydrogen-bond donors (Lipinski definition) is 4. The highest BCUT2D eigenvalue weighted by Crippen LogP contribution is 2.44. The van der Waals surface area contributed by atoms with Crippen LogP contribution in [0.25, 0.3) is 11.1 Å². The Morgan fingerprint density at radius 3 is 2.26 bits per heavy atom. The first-order chi connectivity index (χ1) is 16.8. The molecule has 0 unspecified atom stereocenters. The van der Waals surface area contributed by atoms with Crippen LogP contribution in [0.2, 0.25) is 0 Å². The smallest absolute Gasteiger partial charge is 0.407 e. The predicted octanol–water partition coefficient (Wildman–Crippen LogP) is 3.05. The van der Waals surface area contributed by atoms with E-state index >= 15 is 0 Å². The van der Waals surface area contributed by atoms with Gasteiger partial charge in [0.2, 0.25) is 0 Å². The molecule has 10 heteroatoms. The van der Waals surface area contributed by atoms with Crippen LogP contribution in [0.3, 0.4) is 0 Å². The Morgan fingerprint density at radius 2 is 1.69 bits per heavy atom. The lowest BCUT2D eigenvalue weighted by atomic mass is 9.98. The number of carbonyl (C=O) groups is 3. The molecule has 1 aliphatic carbocycles. The number of nitrogens with zero attached hydrogens (tertiary/aromatic N) is 1. The number of amides is 2. The highest BCUT2D eigenvalue weighted by Gasteiger charge is 2.29. The van der Waals surface area contributed by atoms with Gasteiger partial charge in [0, 0.05) is 5.92 Å². The second-order valence-electron chi connectivity index (χ2n) is 8.23. The van der Waals surface area contributed by atoms with Crippen LogP contribution >= 0.6 is 11.3 Å². The molecule has 9 nitrogen and oxygen atoms in total. The summed E-state index contributed by atoms with van der Waals surface area (Å²) in [4.78, 5) is 40.6. The number of aliphatic hydroxyl groups excluding tert-OH is 1. The van der Waals surface area contributed by atoms with E-state index < -0.39 is 30.1 Å². The molecule has 0 bridgehead atoms. The molecule has 1 aromatic heterocycles. The molecule has 0 aliphatic heterocycles. The first kappa shape index (κ1) is 24.4. The molecule has 1 heterocycles. The fourth-order valence-electron chi connectivity index (χ4n) is 4.13. The summed E-state index contributed by atoms with van der Waals surface area (Å²) < 4.78 is 5.51. The molecule has 1 aliphatic rings. The maximum atomic E-state index is 12.5. The number of carbonyl (C=O) groups excluding carboxylic acids is 2. The molecule has 0 saturated carbocycles. The molecule has 35 heavy (non-hydrogen) atoms. The minimum atomic E-state index is -1.44. The molecule has 2 atom stereocenters. The van der Waals surface area contributed by atoms with Crippen molar-refractivity contribution >= 4 is 29.3 Å². The Kier molecular flexibility index (Phi) is 7.13. The van der Waals surface area contributed by atoms with Crippen LogP contribution < -0.4 is 10.6 Å². The number of aliphatic carboxylic acids is 1. The minimum absolute atomic E-state index is 0.0498. The van der Waals surface area contributed by atoms with Crippen LogP contribution in [0.15, 0.2) is 48.5 Å². The fourth-order valence-corrected chi connectivity index (χ4v) is 5.04. The molecule has 0 saturated heterocycles. The van der Waals surface area contributed by atoms with E-state index in [1.165, 1.54) is 6.92 Å². The average Bonchev–Trinajstić information content (AvgIpc) is 3.37. The van der Waals surface area contributed by atoms with Gasteiger partial charge in [-0.3, -0.25) is 4.79 Å². The van der Waals surface area contributed by atoms with Crippen molar-refractivity contribution in [2.24, 2.45) is 0 Å². The Hall–Kier alpha value is -3.76. The number of carboxylic acid groups (broad SMARTS) is 1. The quantitative estimate of drug-likeness (QED) is 0.377. The standard InChI is InChI=1S/C25H25N3O6S/c1-13-22(23(30)28-21(14(2)29)24(31)32)35-20(27-13)11-26-25(33)34-12-19-17-9-5-3-7-15(17)16-8-4-6-10-18(16)19/h3-10,14,19,21,29H,11-12H2,1-2H3,(H,26,33)(H,28,30)(H,31,32)/t14-,21+/m1/s1. The Bertz CT molecular complexity index is 1230. The zero-order chi connectivity index (χ0) is 25.1. The summed E-state index contributed by atoms with van der Waals surface area (Å²) in [6, 6.07) is 14.7. The van der Waals surface area contributed by atoms with Gasteiger partial charge in [0.05, 0.1) is 18.3 Å². The third kappa shape index (κ3) is 5.18. The molecular weight excluding hydrogens is 470 g/mol. The lowest BCUT2D eigenvalue weighted by Crippen LogP contribution is -2.47. The monoisotopic (exact) mass is 495 g/mol. The van der Waals surface area contributed by atoms with Crippen molar-refractivity contribution in [3.63, 3.8) is 0 Å². The van der Waals surface area contributed by atoms with E-state index in [-0.39, 0.29) is 23.9 Å². The number of thiazole rings is 1. The number of carboxylic acids is 1. The molecule has 3 aromatic rings. The van der Waals surface area contributed by atoms with Crippen molar-refractivity contribution in [2.75, 3.05) is 6.61 Å². The molecule has 0 spiro atoms. The van der Waals surface area contributed by atoms with Crippen molar-refractivity contribution in [1.82, 2.24) is 15.6 Å². The number of benzene rings is 2. The summed E-state index contributed by atoms with van der Waals surface area (Å²) in [6.45, 7) is 3.12. The summed E-state index contributed by atoms with van der Waals surface area (Å²) in [5.41, 5.74) is 4.91. The number of aromatic nitrogens is 1. The van der Waals surface area contributed by atoms with Gasteiger partial charge in [-0.15, -0.1) is 11.3 Å². The SMILES string of the molecule is Cc1nc(CNC(=O)OCC2c3ccccc3-c3ccccc32)sc1C(=O)N[C@H](C(=O)O)[C@@H](C)O. The highest BCUT2D eigenvalue weighted by molar-refractivity contribution is 7.13. The number of ether oxygens (including phenoxy) is 1. The summed E-state index contributed by atoms with van der Waals surface area (Å²) in [7, 11) is 0. The van der Waals surface area contributed by atoms with Crippen LogP contribution in [0, 0.1) is 6.92 Å². The van der Waals surface area contributed by atoms with Crippen molar-refractivity contribution in [3.8, 4) is 11.1 Å². The predicted molar refractivity (Wildman–Crippen MR) is 129 cm³/mol. The number of aryl methyl sites for hydroxylation is 1. The molecule has 0 radical (unpaired) electrons. The van der Waals surface area contributed by atoms with Crippen LogP contribution in [0.1, 0.15) is 44.3 Å². The Morgan fingerprint density at radius 1 is 1.09 bits per heavy atom. The van der Waals surface area contributed by atoms with E-state index in [1.807, 2.05) is 36.4 Å². The Labute approximate surface area is 205 Å². The number of aliphatic hydroxyl groups is 1. The van der Waals surface area contributed by atoms with Gasteiger partial charge in [-0.1, -0.05) is 48.5 Å². The molecule has 2 aromatic carbocycles. The molecule has 182 valence electrons. The van der Waals surface area contributed by atoms with Gasteiger partial charge in [0.1, 0.15) is 16.5 Å². The first-order valence-electron chi connectivity index (χ1n) is 11.0. The van der Waals surface area contributed by atoms with Crippen LogP contribution in [-0.2, 0) is 16.1 Å². The van der Waals surface area contributed by atoms with Crippen molar-refractivity contribution in [2.45, 2.75) is 38.5 Å². The van der Waals surface area contributed by atoms with E-state index in [1.54, 1.807) is 6.92 Å². The van der Waals surface area contributed by atoms with E-state index in [4.69, 9.17) is 9.84 Å². The van der Waals surface area contributed by atoms with Gasteiger partial charge >= 0.3 is 12.1 Å². The highest BCUT2D eigenvalue weighted by atomic mass is 32.1. The van der Waals surface area contributed by atoms with E-state index in [9.17, 15) is 19.5 Å². The largest absolute Gasteiger partial charge is 0.480 e. The second kappa shape index (κ2) is 10.2. The Balaban J connectivity index is 1.35. The molecule has 4 N–H and O–H groups in total. The lowest BCUT2D eigenvalue weighted by Gasteiger charge is -2.16. The van der Waals surface area contributed by atoms with E-state index in [0.717, 1.165) is 33.6 Å².